The summed E-state index contributed by atoms with van der Waals surface area (Å²) in [7, 11) is 1.89. The molecule has 3 rings (SSSR count). The highest BCUT2D eigenvalue weighted by Crippen LogP contribution is 2.24. The first-order valence-electron chi connectivity index (χ1n) is 7.46. The van der Waals surface area contributed by atoms with Gasteiger partial charge in [-0.1, -0.05) is 12.1 Å². The molecule has 5 heteroatoms. The van der Waals surface area contributed by atoms with Crippen molar-refractivity contribution in [1.82, 2.24) is 15.2 Å². The van der Waals surface area contributed by atoms with Crippen molar-refractivity contribution in [3.63, 3.8) is 0 Å². The minimum absolute atomic E-state index is 0.153. The van der Waals surface area contributed by atoms with E-state index in [0.717, 1.165) is 29.9 Å². The first-order valence-corrected chi connectivity index (χ1v) is 8.28. The predicted molar refractivity (Wildman–Crippen MR) is 86.3 cm³/mol. The number of thiazole rings is 1. The Balaban J connectivity index is 1.67. The summed E-state index contributed by atoms with van der Waals surface area (Å²) in [4.78, 5) is 19.0. The quantitative estimate of drug-likeness (QED) is 0.948. The highest BCUT2D eigenvalue weighted by Gasteiger charge is 2.27. The van der Waals surface area contributed by atoms with Crippen LogP contribution >= 0.6 is 11.3 Å². The molecule has 0 aliphatic carbocycles. The molecule has 2 heterocycles. The fraction of sp³-hybridized carbons (Fsp3) is 0.500. The highest BCUT2D eigenvalue weighted by atomic mass is 32.1. The fourth-order valence-corrected chi connectivity index (χ4v) is 3.96. The summed E-state index contributed by atoms with van der Waals surface area (Å²) in [5.74, 6) is 0.406. The Kier molecular flexibility index (Phi) is 4.22. The molecule has 1 aromatic heterocycles. The lowest BCUT2D eigenvalue weighted by atomic mass is 9.92. The van der Waals surface area contributed by atoms with Crippen LogP contribution in [0.1, 0.15) is 24.8 Å². The number of rotatable bonds is 3. The summed E-state index contributed by atoms with van der Waals surface area (Å²) < 4.78 is 1.18. The van der Waals surface area contributed by atoms with Crippen molar-refractivity contribution in [2.75, 3.05) is 13.6 Å². The van der Waals surface area contributed by atoms with Gasteiger partial charge in [0.1, 0.15) is 5.01 Å². The molecular formula is C16H21N3OS. The third-order valence-corrected chi connectivity index (χ3v) is 5.08. The molecule has 112 valence electrons. The Labute approximate surface area is 129 Å². The molecule has 1 saturated heterocycles. The summed E-state index contributed by atoms with van der Waals surface area (Å²) in [6, 6.07) is 8.55. The lowest BCUT2D eigenvalue weighted by Gasteiger charge is -2.30. The van der Waals surface area contributed by atoms with Crippen molar-refractivity contribution in [3.05, 3.63) is 29.3 Å². The van der Waals surface area contributed by atoms with Gasteiger partial charge in [-0.05, 0) is 38.4 Å². The maximum atomic E-state index is 12.5. The van der Waals surface area contributed by atoms with E-state index >= 15 is 0 Å². The van der Waals surface area contributed by atoms with Crippen LogP contribution < -0.4 is 5.32 Å². The van der Waals surface area contributed by atoms with Crippen LogP contribution in [-0.2, 0) is 11.3 Å². The maximum Gasteiger partial charge on any atom is 0.225 e. The number of benzene rings is 1. The zero-order chi connectivity index (χ0) is 14.8. The van der Waals surface area contributed by atoms with Crippen LogP contribution in [0.15, 0.2) is 24.3 Å². The van der Waals surface area contributed by atoms with Gasteiger partial charge in [0.25, 0.3) is 0 Å². The largest absolute Gasteiger partial charge is 0.339 e. The number of hydrogen-bond acceptors (Lipinski definition) is 4. The third-order valence-electron chi connectivity index (χ3n) is 4.06. The number of amides is 1. The van der Waals surface area contributed by atoms with Crippen molar-refractivity contribution in [1.29, 1.82) is 0 Å². The van der Waals surface area contributed by atoms with Crippen molar-refractivity contribution in [2.45, 2.75) is 32.4 Å². The van der Waals surface area contributed by atoms with E-state index in [1.807, 2.05) is 30.1 Å². The number of para-hydroxylation sites is 1. The Morgan fingerprint density at radius 2 is 2.29 bits per heavy atom. The summed E-state index contributed by atoms with van der Waals surface area (Å²) in [5.41, 5.74) is 1.02. The fourth-order valence-electron chi connectivity index (χ4n) is 2.94. The van der Waals surface area contributed by atoms with E-state index < -0.39 is 0 Å². The van der Waals surface area contributed by atoms with E-state index in [9.17, 15) is 4.79 Å². The monoisotopic (exact) mass is 303 g/mol. The lowest BCUT2D eigenvalue weighted by Crippen LogP contribution is -2.42. The number of aromatic nitrogens is 1. The van der Waals surface area contributed by atoms with E-state index in [1.54, 1.807) is 11.3 Å². The molecule has 1 aromatic carbocycles. The van der Waals surface area contributed by atoms with E-state index in [2.05, 4.69) is 23.3 Å². The molecule has 0 radical (unpaired) electrons. The number of fused-ring (bicyclic) bond motifs is 1. The molecular weight excluding hydrogens is 282 g/mol. The Morgan fingerprint density at radius 1 is 1.48 bits per heavy atom. The molecule has 0 saturated carbocycles. The number of carbonyl (C=O) groups excluding carboxylic acids is 1. The smallest absolute Gasteiger partial charge is 0.225 e. The molecule has 1 aliphatic rings. The predicted octanol–water partition coefficient (Wildman–Crippen LogP) is 2.64. The molecule has 2 aromatic rings. The van der Waals surface area contributed by atoms with Crippen molar-refractivity contribution in [3.8, 4) is 0 Å². The van der Waals surface area contributed by atoms with Gasteiger partial charge >= 0.3 is 0 Å². The summed E-state index contributed by atoms with van der Waals surface area (Å²) >= 11 is 1.67. The molecule has 1 N–H and O–H groups in total. The molecule has 2 unspecified atom stereocenters. The maximum absolute atomic E-state index is 12.5. The van der Waals surface area contributed by atoms with Crippen LogP contribution in [0, 0.1) is 5.92 Å². The zero-order valence-electron chi connectivity index (χ0n) is 12.5. The Bertz CT molecular complexity index is 606. The number of nitrogens with zero attached hydrogens (tertiary/aromatic N) is 2. The minimum Gasteiger partial charge on any atom is -0.339 e. The van der Waals surface area contributed by atoms with Crippen LogP contribution in [0.3, 0.4) is 0 Å². The minimum atomic E-state index is 0.153. The van der Waals surface area contributed by atoms with Gasteiger partial charge in [-0.3, -0.25) is 4.79 Å². The molecule has 1 amide bonds. The van der Waals surface area contributed by atoms with Crippen molar-refractivity contribution in [2.24, 2.45) is 5.92 Å². The van der Waals surface area contributed by atoms with Gasteiger partial charge in [-0.15, -0.1) is 11.3 Å². The van der Waals surface area contributed by atoms with E-state index in [-0.39, 0.29) is 11.8 Å². The van der Waals surface area contributed by atoms with Crippen molar-refractivity contribution >= 4 is 27.5 Å². The number of nitrogens with one attached hydrogen (secondary N) is 1. The topological polar surface area (TPSA) is 45.2 Å². The van der Waals surface area contributed by atoms with Crippen LogP contribution in [-0.4, -0.2) is 35.4 Å². The van der Waals surface area contributed by atoms with Gasteiger partial charge in [0.15, 0.2) is 0 Å². The second-order valence-corrected chi connectivity index (χ2v) is 6.96. The SMILES string of the molecule is CC1CC(C(=O)N(C)Cc2nc3ccccc3s2)CCN1. The van der Waals surface area contributed by atoms with Gasteiger partial charge in [-0.2, -0.15) is 0 Å². The van der Waals surface area contributed by atoms with Crippen LogP contribution in [0.4, 0.5) is 0 Å². The van der Waals surface area contributed by atoms with E-state index in [4.69, 9.17) is 0 Å². The normalized spacial score (nSPS) is 22.4. The second kappa shape index (κ2) is 6.12. The van der Waals surface area contributed by atoms with Gasteiger partial charge < -0.3 is 10.2 Å². The average Bonchev–Trinajstić information content (AvgIpc) is 2.88. The number of piperidine rings is 1. The Hall–Kier alpha value is -1.46. The Morgan fingerprint density at radius 3 is 3.05 bits per heavy atom. The van der Waals surface area contributed by atoms with Crippen LogP contribution in [0.5, 0.6) is 0 Å². The van der Waals surface area contributed by atoms with Gasteiger partial charge in [0.05, 0.1) is 16.8 Å². The van der Waals surface area contributed by atoms with E-state index in [1.165, 1.54) is 4.70 Å². The molecule has 0 spiro atoms. The van der Waals surface area contributed by atoms with E-state index in [0.29, 0.717) is 12.6 Å². The van der Waals surface area contributed by atoms with Gasteiger partial charge in [0.2, 0.25) is 5.91 Å². The third kappa shape index (κ3) is 3.24. The van der Waals surface area contributed by atoms with Crippen LogP contribution in [0.25, 0.3) is 10.2 Å². The highest BCUT2D eigenvalue weighted by molar-refractivity contribution is 7.18. The number of hydrogen-bond donors (Lipinski definition) is 1. The second-order valence-electron chi connectivity index (χ2n) is 5.85. The molecule has 2 atom stereocenters. The molecule has 1 fully saturated rings. The average molecular weight is 303 g/mol. The van der Waals surface area contributed by atoms with Crippen LogP contribution in [0.2, 0.25) is 0 Å². The molecule has 1 aliphatic heterocycles. The molecule has 21 heavy (non-hydrogen) atoms. The standard InChI is InChI=1S/C16H21N3OS/c1-11-9-12(7-8-17-11)16(20)19(2)10-15-18-13-5-3-4-6-14(13)21-15/h3-6,11-12,17H,7-10H2,1-2H3. The first kappa shape index (κ1) is 14.5. The zero-order valence-corrected chi connectivity index (χ0v) is 13.3. The summed E-state index contributed by atoms with van der Waals surface area (Å²) in [6.07, 6.45) is 1.87. The first-order chi connectivity index (χ1) is 10.1. The molecule has 4 nitrogen and oxygen atoms in total. The van der Waals surface area contributed by atoms with Gasteiger partial charge in [-0.25, -0.2) is 4.98 Å². The lowest BCUT2D eigenvalue weighted by molar-refractivity contribution is -0.135. The van der Waals surface area contributed by atoms with Gasteiger partial charge in [0, 0.05) is 19.0 Å². The molecule has 0 bridgehead atoms. The number of carbonyl (C=O) groups is 1. The summed E-state index contributed by atoms with van der Waals surface area (Å²) in [6.45, 7) is 3.69. The van der Waals surface area contributed by atoms with Crippen molar-refractivity contribution < 1.29 is 4.79 Å². The summed E-state index contributed by atoms with van der Waals surface area (Å²) in [5, 5.41) is 4.40.